The molecule has 0 fully saturated rings. The van der Waals surface area contributed by atoms with Crippen LogP contribution in [0.5, 0.6) is 23.0 Å². The van der Waals surface area contributed by atoms with E-state index in [0.717, 1.165) is 12.0 Å². The van der Waals surface area contributed by atoms with Gasteiger partial charge in [0.15, 0.2) is 11.5 Å². The number of ether oxygens (including phenoxy) is 4. The summed E-state index contributed by atoms with van der Waals surface area (Å²) in [5.41, 5.74) is 2.43. The topological polar surface area (TPSA) is 117 Å². The van der Waals surface area contributed by atoms with Gasteiger partial charge in [0.1, 0.15) is 5.75 Å². The van der Waals surface area contributed by atoms with Gasteiger partial charge in [-0.05, 0) is 30.3 Å². The number of carbonyl (C=O) groups excluding carboxylic acids is 1. The molecule has 0 aliphatic carbocycles. The van der Waals surface area contributed by atoms with Crippen LogP contribution in [0, 0.1) is 6.42 Å². The molecule has 163 valence electrons. The molecule has 2 N–H and O–H groups in total. The number of carbonyl (C=O) groups is 1. The minimum absolute atomic E-state index is 0.373. The zero-order valence-electron chi connectivity index (χ0n) is 17.6. The number of nitrogens with zero attached hydrogens (tertiary/aromatic N) is 3. The lowest BCUT2D eigenvalue weighted by molar-refractivity contribution is -0.113. The summed E-state index contributed by atoms with van der Waals surface area (Å²) in [7, 11) is 6.11. The fraction of sp³-hybridized carbons (Fsp3) is 0.238. The fourth-order valence-electron chi connectivity index (χ4n) is 3.04. The van der Waals surface area contributed by atoms with Gasteiger partial charge in [-0.15, -0.1) is 5.10 Å². The molecule has 31 heavy (non-hydrogen) atoms. The summed E-state index contributed by atoms with van der Waals surface area (Å²) >= 11 is 0. The lowest BCUT2D eigenvalue weighted by atomic mass is 10.1. The van der Waals surface area contributed by atoms with Gasteiger partial charge in [0.05, 0.1) is 64.7 Å². The Bertz CT molecular complexity index is 1040. The molecule has 1 heterocycles. The number of nitrogens with one attached hydrogen (secondary N) is 1. The molecule has 3 rings (SSSR count). The van der Waals surface area contributed by atoms with E-state index in [9.17, 15) is 4.79 Å². The highest BCUT2D eigenvalue weighted by Crippen LogP contribution is 2.41. The minimum atomic E-state index is -0.457. The first-order chi connectivity index (χ1) is 15.1. The lowest BCUT2D eigenvalue weighted by Crippen LogP contribution is -2.14. The second kappa shape index (κ2) is 9.81. The zero-order valence-corrected chi connectivity index (χ0v) is 17.6. The molecule has 0 saturated carbocycles. The average molecular weight is 427 g/mol. The van der Waals surface area contributed by atoms with Crippen molar-refractivity contribution in [3.63, 3.8) is 0 Å². The maximum Gasteiger partial charge on any atom is 0.230 e. The third kappa shape index (κ3) is 4.53. The van der Waals surface area contributed by atoms with Gasteiger partial charge >= 0.3 is 0 Å². The minimum Gasteiger partial charge on any atom is -0.495 e. The summed E-state index contributed by atoms with van der Waals surface area (Å²) in [5, 5.41) is 19.8. The highest BCUT2D eigenvalue weighted by molar-refractivity contribution is 5.98. The van der Waals surface area contributed by atoms with E-state index in [4.69, 9.17) is 24.1 Å². The number of aliphatic hydroxyl groups excluding tert-OH is 1. The lowest BCUT2D eigenvalue weighted by Gasteiger charge is -2.15. The van der Waals surface area contributed by atoms with E-state index in [1.807, 2.05) is 0 Å². The molecule has 0 aliphatic heterocycles. The van der Waals surface area contributed by atoms with Crippen molar-refractivity contribution in [3.05, 3.63) is 42.9 Å². The predicted octanol–water partition coefficient (Wildman–Crippen LogP) is 2.10. The number of hydrogen-bond acceptors (Lipinski definition) is 8. The number of hydrogen-bond donors (Lipinski definition) is 2. The van der Waals surface area contributed by atoms with Crippen LogP contribution in [0.4, 0.5) is 5.69 Å². The molecule has 0 saturated heterocycles. The van der Waals surface area contributed by atoms with Gasteiger partial charge in [0.2, 0.25) is 11.7 Å². The molecule has 1 aromatic heterocycles. The van der Waals surface area contributed by atoms with Crippen molar-refractivity contribution in [1.82, 2.24) is 15.0 Å². The van der Waals surface area contributed by atoms with Crippen molar-refractivity contribution >= 4 is 11.6 Å². The van der Waals surface area contributed by atoms with Crippen molar-refractivity contribution in [2.24, 2.45) is 0 Å². The Kier molecular flexibility index (Phi) is 6.93. The SMILES string of the molecule is COc1ccc(-n2nncc2-c2cc(OC)c(OC)c(OC)c2)cc1NC(=O)[CH]CO. The van der Waals surface area contributed by atoms with Crippen LogP contribution in [-0.4, -0.2) is 61.1 Å². The summed E-state index contributed by atoms with van der Waals surface area (Å²) in [6.07, 6.45) is 2.71. The Morgan fingerprint density at radius 1 is 1.03 bits per heavy atom. The summed E-state index contributed by atoms with van der Waals surface area (Å²) in [5.74, 6) is 1.46. The van der Waals surface area contributed by atoms with Crippen LogP contribution in [0.1, 0.15) is 0 Å². The normalized spacial score (nSPS) is 10.5. The van der Waals surface area contributed by atoms with Crippen LogP contribution in [0.3, 0.4) is 0 Å². The van der Waals surface area contributed by atoms with E-state index in [-0.39, 0.29) is 6.61 Å². The number of benzene rings is 2. The largest absolute Gasteiger partial charge is 0.495 e. The molecule has 0 bridgehead atoms. The summed E-state index contributed by atoms with van der Waals surface area (Å²) in [6.45, 7) is -0.373. The maximum absolute atomic E-state index is 11.9. The van der Waals surface area contributed by atoms with Crippen molar-refractivity contribution in [1.29, 1.82) is 0 Å². The van der Waals surface area contributed by atoms with E-state index >= 15 is 0 Å². The fourth-order valence-corrected chi connectivity index (χ4v) is 3.04. The van der Waals surface area contributed by atoms with Crippen LogP contribution >= 0.6 is 0 Å². The van der Waals surface area contributed by atoms with Crippen molar-refractivity contribution in [2.75, 3.05) is 40.4 Å². The first-order valence-corrected chi connectivity index (χ1v) is 9.20. The Morgan fingerprint density at radius 2 is 1.71 bits per heavy atom. The first-order valence-electron chi connectivity index (χ1n) is 9.20. The number of methoxy groups -OCH3 is 4. The van der Waals surface area contributed by atoms with Crippen molar-refractivity contribution < 1.29 is 28.8 Å². The zero-order chi connectivity index (χ0) is 22.4. The van der Waals surface area contributed by atoms with E-state index in [1.54, 1.807) is 55.4 Å². The molecule has 0 atom stereocenters. The summed E-state index contributed by atoms with van der Waals surface area (Å²) in [6, 6.07) is 8.75. The molecule has 2 aromatic carbocycles. The van der Waals surface area contributed by atoms with E-state index in [1.165, 1.54) is 14.2 Å². The van der Waals surface area contributed by atoms with Crippen LogP contribution < -0.4 is 24.3 Å². The van der Waals surface area contributed by atoms with Gasteiger partial charge in [-0.2, -0.15) is 0 Å². The van der Waals surface area contributed by atoms with Gasteiger partial charge in [-0.1, -0.05) is 5.21 Å². The summed E-state index contributed by atoms with van der Waals surface area (Å²) in [4.78, 5) is 11.9. The van der Waals surface area contributed by atoms with Gasteiger partial charge < -0.3 is 29.4 Å². The molecular formula is C21H23N4O6. The van der Waals surface area contributed by atoms with Crippen molar-refractivity contribution in [3.8, 4) is 39.9 Å². The van der Waals surface area contributed by atoms with E-state index in [0.29, 0.717) is 40.1 Å². The molecule has 1 radical (unpaired) electrons. The number of aromatic nitrogens is 3. The third-order valence-electron chi connectivity index (χ3n) is 4.47. The predicted molar refractivity (Wildman–Crippen MR) is 113 cm³/mol. The van der Waals surface area contributed by atoms with Crippen LogP contribution in [0.2, 0.25) is 0 Å². The molecule has 3 aromatic rings. The van der Waals surface area contributed by atoms with Gasteiger partial charge in [0.25, 0.3) is 0 Å². The molecule has 1 amide bonds. The Balaban J connectivity index is 2.07. The van der Waals surface area contributed by atoms with Gasteiger partial charge in [-0.25, -0.2) is 4.68 Å². The number of amides is 1. The van der Waals surface area contributed by atoms with Crippen LogP contribution in [-0.2, 0) is 4.79 Å². The Morgan fingerprint density at radius 3 is 2.29 bits per heavy atom. The first kappa shape index (κ1) is 21.9. The monoisotopic (exact) mass is 427 g/mol. The molecular weight excluding hydrogens is 404 g/mol. The quantitative estimate of drug-likeness (QED) is 0.533. The number of aliphatic hydroxyl groups is 1. The second-order valence-corrected chi connectivity index (χ2v) is 6.21. The number of rotatable bonds is 9. The summed E-state index contributed by atoms with van der Waals surface area (Å²) < 4.78 is 23.2. The number of anilines is 1. The average Bonchev–Trinajstić information content (AvgIpc) is 3.28. The van der Waals surface area contributed by atoms with E-state index in [2.05, 4.69) is 15.6 Å². The van der Waals surface area contributed by atoms with Crippen LogP contribution in [0.25, 0.3) is 16.9 Å². The smallest absolute Gasteiger partial charge is 0.230 e. The van der Waals surface area contributed by atoms with Crippen molar-refractivity contribution in [2.45, 2.75) is 0 Å². The highest BCUT2D eigenvalue weighted by atomic mass is 16.5. The molecule has 10 heteroatoms. The standard InChI is InChI=1S/C21H23N4O6/c1-28-17-6-5-14(11-15(17)23-20(27)7-8-26)25-16(12-22-24-25)13-9-18(29-2)21(31-4)19(10-13)30-3/h5-7,9-12,26H,8H2,1-4H3,(H,23,27). The molecule has 0 aliphatic rings. The Hall–Kier alpha value is -3.79. The van der Waals surface area contributed by atoms with Gasteiger partial charge in [0, 0.05) is 5.56 Å². The third-order valence-corrected chi connectivity index (χ3v) is 4.47. The maximum atomic E-state index is 11.9. The van der Waals surface area contributed by atoms with Gasteiger partial charge in [-0.3, -0.25) is 4.79 Å². The molecule has 0 spiro atoms. The Labute approximate surface area is 179 Å². The van der Waals surface area contributed by atoms with E-state index < -0.39 is 5.91 Å². The molecule has 10 nitrogen and oxygen atoms in total. The second-order valence-electron chi connectivity index (χ2n) is 6.21. The molecule has 0 unspecified atom stereocenters. The highest BCUT2D eigenvalue weighted by Gasteiger charge is 2.18. The van der Waals surface area contributed by atoms with Crippen LogP contribution in [0.15, 0.2) is 36.5 Å².